The smallest absolute Gasteiger partial charge is 0.243 e. The molecule has 0 radical (unpaired) electrons. The number of piperidine rings is 1. The highest BCUT2D eigenvalue weighted by Crippen LogP contribution is 2.26. The Kier molecular flexibility index (Phi) is 7.35. The van der Waals surface area contributed by atoms with Gasteiger partial charge in [0.1, 0.15) is 5.75 Å². The molecule has 0 atom stereocenters. The summed E-state index contributed by atoms with van der Waals surface area (Å²) in [6.45, 7) is 0.772. The molecule has 6 nitrogen and oxygen atoms in total. The number of ether oxygens (including phenoxy) is 1. The van der Waals surface area contributed by atoms with Gasteiger partial charge in [-0.05, 0) is 49.9 Å². The van der Waals surface area contributed by atoms with Crippen LogP contribution in [0.15, 0.2) is 29.2 Å². The predicted molar refractivity (Wildman–Crippen MR) is 109 cm³/mol. The van der Waals surface area contributed by atoms with Crippen molar-refractivity contribution in [2.45, 2.75) is 68.7 Å². The minimum absolute atomic E-state index is 0.0900. The molecular formula is C21H32N2O4S. The van der Waals surface area contributed by atoms with E-state index in [4.69, 9.17) is 4.74 Å². The van der Waals surface area contributed by atoms with E-state index in [0.29, 0.717) is 31.7 Å². The molecule has 2 fully saturated rings. The third-order valence-electron chi connectivity index (χ3n) is 5.97. The third kappa shape index (κ3) is 5.26. The first-order chi connectivity index (χ1) is 13.5. The Bertz CT molecular complexity index is 732. The summed E-state index contributed by atoms with van der Waals surface area (Å²) >= 11 is 0. The van der Waals surface area contributed by atoms with Gasteiger partial charge < -0.3 is 10.1 Å². The van der Waals surface area contributed by atoms with Gasteiger partial charge in [-0.25, -0.2) is 8.42 Å². The SMILES string of the molecule is COc1ccc(S(=O)(=O)N2CCC(C(=O)NC3CCCCCCC3)CC2)cc1. The van der Waals surface area contributed by atoms with E-state index in [1.54, 1.807) is 31.4 Å². The molecule has 0 bridgehead atoms. The first-order valence-electron chi connectivity index (χ1n) is 10.5. The summed E-state index contributed by atoms with van der Waals surface area (Å²) < 4.78 is 32.3. The largest absolute Gasteiger partial charge is 0.497 e. The van der Waals surface area contributed by atoms with Gasteiger partial charge in [-0.1, -0.05) is 32.1 Å². The second kappa shape index (κ2) is 9.74. The fourth-order valence-corrected chi connectivity index (χ4v) is 5.64. The highest BCUT2D eigenvalue weighted by atomic mass is 32.2. The lowest BCUT2D eigenvalue weighted by Crippen LogP contribution is -2.45. The van der Waals surface area contributed by atoms with Crippen LogP contribution in [0.25, 0.3) is 0 Å². The third-order valence-corrected chi connectivity index (χ3v) is 7.89. The number of benzene rings is 1. The van der Waals surface area contributed by atoms with Crippen LogP contribution in [-0.4, -0.2) is 44.9 Å². The van der Waals surface area contributed by atoms with Crippen molar-refractivity contribution < 1.29 is 17.9 Å². The molecule has 0 aromatic heterocycles. The first kappa shape index (κ1) is 21.1. The zero-order valence-electron chi connectivity index (χ0n) is 16.7. The molecule has 1 aliphatic carbocycles. The van der Waals surface area contributed by atoms with Crippen LogP contribution in [0.1, 0.15) is 57.8 Å². The monoisotopic (exact) mass is 408 g/mol. The molecule has 1 saturated heterocycles. The van der Waals surface area contributed by atoms with Gasteiger partial charge in [0.25, 0.3) is 0 Å². The summed E-state index contributed by atoms with van der Waals surface area (Å²) in [5.74, 6) is 0.642. The Morgan fingerprint density at radius 2 is 1.54 bits per heavy atom. The van der Waals surface area contributed by atoms with Gasteiger partial charge in [0.15, 0.2) is 0 Å². The van der Waals surface area contributed by atoms with E-state index in [-0.39, 0.29) is 22.8 Å². The van der Waals surface area contributed by atoms with Gasteiger partial charge in [0, 0.05) is 25.0 Å². The summed E-state index contributed by atoms with van der Waals surface area (Å²) in [6.07, 6.45) is 9.48. The van der Waals surface area contributed by atoms with Gasteiger partial charge in [0.05, 0.1) is 12.0 Å². The van der Waals surface area contributed by atoms with Crippen LogP contribution in [0, 0.1) is 5.92 Å². The van der Waals surface area contributed by atoms with E-state index >= 15 is 0 Å². The van der Waals surface area contributed by atoms with E-state index in [2.05, 4.69) is 5.32 Å². The molecule has 7 heteroatoms. The topological polar surface area (TPSA) is 75.7 Å². The number of nitrogens with zero attached hydrogens (tertiary/aromatic N) is 1. The molecule has 3 rings (SSSR count). The van der Waals surface area contributed by atoms with Crippen LogP contribution < -0.4 is 10.1 Å². The van der Waals surface area contributed by atoms with Gasteiger partial charge >= 0.3 is 0 Å². The normalized spacial score (nSPS) is 20.9. The van der Waals surface area contributed by atoms with E-state index in [1.807, 2.05) is 0 Å². The maximum Gasteiger partial charge on any atom is 0.243 e. The van der Waals surface area contributed by atoms with Crippen LogP contribution in [0.2, 0.25) is 0 Å². The second-order valence-corrected chi connectivity index (χ2v) is 9.84. The summed E-state index contributed by atoms with van der Waals surface area (Å²) in [5, 5.41) is 3.23. The second-order valence-electron chi connectivity index (χ2n) is 7.90. The van der Waals surface area contributed by atoms with Gasteiger partial charge in [-0.3, -0.25) is 4.79 Å². The summed E-state index contributed by atoms with van der Waals surface area (Å²) in [5.41, 5.74) is 0. The van der Waals surface area contributed by atoms with E-state index in [0.717, 1.165) is 12.8 Å². The molecule has 1 aromatic carbocycles. The molecule has 1 amide bonds. The Morgan fingerprint density at radius 1 is 0.964 bits per heavy atom. The summed E-state index contributed by atoms with van der Waals surface area (Å²) in [6, 6.07) is 6.74. The van der Waals surface area contributed by atoms with Crippen LogP contribution in [0.5, 0.6) is 5.75 Å². The van der Waals surface area contributed by atoms with Crippen LogP contribution in [0.3, 0.4) is 0 Å². The number of nitrogens with one attached hydrogen (secondary N) is 1. The molecule has 1 heterocycles. The lowest BCUT2D eigenvalue weighted by molar-refractivity contribution is -0.127. The number of sulfonamides is 1. The van der Waals surface area contributed by atoms with Gasteiger partial charge in [-0.15, -0.1) is 0 Å². The van der Waals surface area contributed by atoms with Crippen LogP contribution in [0.4, 0.5) is 0 Å². The molecule has 28 heavy (non-hydrogen) atoms. The zero-order valence-corrected chi connectivity index (χ0v) is 17.5. The van der Waals surface area contributed by atoms with Crippen molar-refractivity contribution in [3.8, 4) is 5.75 Å². The quantitative estimate of drug-likeness (QED) is 0.811. The standard InChI is InChI=1S/C21H32N2O4S/c1-27-19-9-11-20(12-10-19)28(25,26)23-15-13-17(14-16-23)21(24)22-18-7-5-3-2-4-6-8-18/h9-12,17-18H,2-8,13-16H2,1H3,(H,22,24). The number of hydrogen-bond acceptors (Lipinski definition) is 4. The van der Waals surface area contributed by atoms with Gasteiger partial charge in [0.2, 0.25) is 15.9 Å². The van der Waals surface area contributed by atoms with Crippen molar-refractivity contribution in [3.05, 3.63) is 24.3 Å². The van der Waals surface area contributed by atoms with Gasteiger partial charge in [-0.2, -0.15) is 4.31 Å². The molecular weight excluding hydrogens is 376 g/mol. The number of amides is 1. The summed E-state index contributed by atoms with van der Waals surface area (Å²) in [4.78, 5) is 12.9. The Hall–Kier alpha value is -1.60. The minimum atomic E-state index is -3.53. The average Bonchev–Trinajstić information content (AvgIpc) is 2.70. The Balaban J connectivity index is 1.53. The van der Waals surface area contributed by atoms with E-state index in [1.165, 1.54) is 36.4 Å². The number of carbonyl (C=O) groups excluding carboxylic acids is 1. The van der Waals surface area contributed by atoms with E-state index in [9.17, 15) is 13.2 Å². The Labute approximate surface area is 168 Å². The lowest BCUT2D eigenvalue weighted by atomic mass is 9.94. The molecule has 1 aromatic rings. The van der Waals surface area contributed by atoms with Crippen LogP contribution >= 0.6 is 0 Å². The minimum Gasteiger partial charge on any atom is -0.497 e. The highest BCUT2D eigenvalue weighted by Gasteiger charge is 2.32. The molecule has 0 spiro atoms. The number of rotatable bonds is 5. The van der Waals surface area contributed by atoms with E-state index < -0.39 is 10.0 Å². The van der Waals surface area contributed by atoms with Crippen molar-refractivity contribution in [1.82, 2.24) is 9.62 Å². The maximum absolute atomic E-state index is 12.8. The Morgan fingerprint density at radius 3 is 2.11 bits per heavy atom. The number of carbonyl (C=O) groups is 1. The first-order valence-corrected chi connectivity index (χ1v) is 11.9. The maximum atomic E-state index is 12.8. The fraction of sp³-hybridized carbons (Fsp3) is 0.667. The van der Waals surface area contributed by atoms with Crippen molar-refractivity contribution in [3.63, 3.8) is 0 Å². The molecule has 2 aliphatic rings. The molecule has 156 valence electrons. The van der Waals surface area contributed by atoms with Crippen LogP contribution in [-0.2, 0) is 14.8 Å². The van der Waals surface area contributed by atoms with Crippen molar-refractivity contribution >= 4 is 15.9 Å². The average molecular weight is 409 g/mol. The molecule has 1 N–H and O–H groups in total. The van der Waals surface area contributed by atoms with Crippen molar-refractivity contribution in [2.75, 3.05) is 20.2 Å². The van der Waals surface area contributed by atoms with Crippen molar-refractivity contribution in [1.29, 1.82) is 0 Å². The molecule has 0 unspecified atom stereocenters. The highest BCUT2D eigenvalue weighted by molar-refractivity contribution is 7.89. The number of methoxy groups -OCH3 is 1. The fourth-order valence-electron chi connectivity index (χ4n) is 4.17. The van der Waals surface area contributed by atoms with Crippen molar-refractivity contribution in [2.24, 2.45) is 5.92 Å². The lowest BCUT2D eigenvalue weighted by Gasteiger charge is -2.31. The predicted octanol–water partition coefficient (Wildman–Crippen LogP) is 3.33. The molecule has 1 saturated carbocycles. The molecule has 1 aliphatic heterocycles. The number of hydrogen-bond donors (Lipinski definition) is 1. The zero-order chi connectivity index (χ0) is 20.0. The summed E-state index contributed by atoms with van der Waals surface area (Å²) in [7, 11) is -1.97.